The van der Waals surface area contributed by atoms with Gasteiger partial charge in [0.15, 0.2) is 0 Å². The molecule has 0 aliphatic heterocycles. The van der Waals surface area contributed by atoms with Crippen LogP contribution in [0, 0.1) is 5.92 Å². The second-order valence-electron chi connectivity index (χ2n) is 7.35. The number of fused-ring (bicyclic) bond motifs is 1. The van der Waals surface area contributed by atoms with Gasteiger partial charge in [0.2, 0.25) is 5.91 Å². The van der Waals surface area contributed by atoms with E-state index in [1.165, 1.54) is 19.3 Å². The van der Waals surface area contributed by atoms with E-state index in [0.717, 1.165) is 40.6 Å². The number of primary amides is 1. The molecular weight excluding hydrogens is 384 g/mol. The van der Waals surface area contributed by atoms with Gasteiger partial charge in [0.05, 0.1) is 16.8 Å². The topological polar surface area (TPSA) is 94.9 Å². The van der Waals surface area contributed by atoms with Gasteiger partial charge in [-0.1, -0.05) is 53.0 Å². The molecule has 1 aromatic carbocycles. The number of aromatic nitrogens is 2. The Morgan fingerprint density at radius 1 is 0.935 bits per heavy atom. The fraction of sp³-hybridized carbons (Fsp3) is 0.423. The first-order valence-electron chi connectivity index (χ1n) is 11.5. The number of nitrogens with two attached hydrogens (primary N) is 2. The second kappa shape index (κ2) is 12.2. The first-order chi connectivity index (χ1) is 15.1. The normalized spacial score (nSPS) is 14.6. The van der Waals surface area contributed by atoms with Crippen molar-refractivity contribution in [3.63, 3.8) is 0 Å². The number of rotatable bonds is 4. The molecule has 2 aromatic heterocycles. The maximum atomic E-state index is 12.2. The van der Waals surface area contributed by atoms with Gasteiger partial charge < -0.3 is 11.5 Å². The summed E-state index contributed by atoms with van der Waals surface area (Å²) < 4.78 is 0. The Balaban J connectivity index is 0.000000807. The fourth-order valence-corrected chi connectivity index (χ4v) is 4.08. The van der Waals surface area contributed by atoms with Crippen LogP contribution in [0.1, 0.15) is 81.9 Å². The molecule has 0 bridgehead atoms. The lowest BCUT2D eigenvalue weighted by atomic mass is 9.82. The van der Waals surface area contributed by atoms with Gasteiger partial charge >= 0.3 is 0 Å². The van der Waals surface area contributed by atoms with E-state index in [2.05, 4.69) is 4.98 Å². The summed E-state index contributed by atoms with van der Waals surface area (Å²) in [5, 5.41) is 0.761. The first-order valence-corrected chi connectivity index (χ1v) is 11.5. The van der Waals surface area contributed by atoms with Crippen molar-refractivity contribution >= 4 is 16.8 Å². The molecule has 1 aliphatic carbocycles. The molecule has 1 fully saturated rings. The molecule has 1 aliphatic rings. The fourth-order valence-electron chi connectivity index (χ4n) is 4.08. The minimum absolute atomic E-state index is 0.160. The number of carbonyl (C=O) groups excluding carboxylic acids is 1. The van der Waals surface area contributed by atoms with Crippen molar-refractivity contribution in [2.45, 2.75) is 65.8 Å². The zero-order valence-corrected chi connectivity index (χ0v) is 19.3. The second-order valence-corrected chi connectivity index (χ2v) is 7.35. The molecular formula is C26H36N4O. The Kier molecular flexibility index (Phi) is 9.60. The Morgan fingerprint density at radius 3 is 2.19 bits per heavy atom. The highest BCUT2D eigenvalue weighted by Gasteiger charge is 2.24. The Bertz CT molecular complexity index is 966. The average Bonchev–Trinajstić information content (AvgIpc) is 2.86. The zero-order chi connectivity index (χ0) is 22.8. The van der Waals surface area contributed by atoms with E-state index in [9.17, 15) is 4.79 Å². The molecule has 5 heteroatoms. The van der Waals surface area contributed by atoms with Crippen LogP contribution >= 0.6 is 0 Å². The quantitative estimate of drug-likeness (QED) is 0.539. The van der Waals surface area contributed by atoms with Crippen molar-refractivity contribution in [1.29, 1.82) is 0 Å². The third kappa shape index (κ3) is 5.88. The Labute approximate surface area is 186 Å². The molecule has 1 unspecified atom stereocenters. The van der Waals surface area contributed by atoms with Crippen LogP contribution in [0.5, 0.6) is 0 Å². The van der Waals surface area contributed by atoms with E-state index in [1.54, 1.807) is 18.5 Å². The molecule has 4 N–H and O–H groups in total. The highest BCUT2D eigenvalue weighted by atomic mass is 16.1. The van der Waals surface area contributed by atoms with E-state index >= 15 is 0 Å². The summed E-state index contributed by atoms with van der Waals surface area (Å²) in [6, 6.07) is 11.4. The third-order valence-electron chi connectivity index (χ3n) is 5.61. The van der Waals surface area contributed by atoms with Crippen molar-refractivity contribution < 1.29 is 4.79 Å². The molecule has 5 nitrogen and oxygen atoms in total. The van der Waals surface area contributed by atoms with Gasteiger partial charge in [-0.15, -0.1) is 0 Å². The lowest BCUT2D eigenvalue weighted by Gasteiger charge is -2.27. The van der Waals surface area contributed by atoms with Crippen molar-refractivity contribution in [3.05, 3.63) is 60.0 Å². The monoisotopic (exact) mass is 420 g/mol. The maximum Gasteiger partial charge on any atom is 0.249 e. The van der Waals surface area contributed by atoms with Crippen LogP contribution < -0.4 is 11.5 Å². The predicted octanol–water partition coefficient (Wildman–Crippen LogP) is 6.03. The van der Waals surface area contributed by atoms with Gasteiger partial charge in [-0.25, -0.2) is 0 Å². The number of carbonyl (C=O) groups is 1. The van der Waals surface area contributed by atoms with Crippen molar-refractivity contribution in [2.75, 3.05) is 0 Å². The highest BCUT2D eigenvalue weighted by Crippen LogP contribution is 2.34. The summed E-state index contributed by atoms with van der Waals surface area (Å²) in [5.74, 6) is -0.0353. The number of nitrogens with zero attached hydrogens (tertiary/aromatic N) is 2. The molecule has 166 valence electrons. The van der Waals surface area contributed by atoms with Gasteiger partial charge in [-0.3, -0.25) is 14.8 Å². The van der Waals surface area contributed by atoms with E-state index in [-0.39, 0.29) is 6.04 Å². The number of benzene rings is 1. The van der Waals surface area contributed by atoms with Gasteiger partial charge in [0.25, 0.3) is 0 Å². The molecule has 31 heavy (non-hydrogen) atoms. The number of hydrogen-bond acceptors (Lipinski definition) is 4. The minimum Gasteiger partial charge on any atom is -0.366 e. The summed E-state index contributed by atoms with van der Waals surface area (Å²) in [5.41, 5.74) is 16.3. The predicted molar refractivity (Wildman–Crippen MR) is 130 cm³/mol. The number of amides is 1. The van der Waals surface area contributed by atoms with Gasteiger partial charge in [-0.05, 0) is 60.2 Å². The van der Waals surface area contributed by atoms with Gasteiger partial charge in [0.1, 0.15) is 0 Å². The van der Waals surface area contributed by atoms with Crippen LogP contribution in [0.3, 0.4) is 0 Å². The van der Waals surface area contributed by atoms with Crippen LogP contribution in [0.4, 0.5) is 0 Å². The molecule has 1 saturated carbocycles. The lowest BCUT2D eigenvalue weighted by molar-refractivity contribution is 0.100. The molecule has 4 rings (SSSR count). The molecule has 0 spiro atoms. The van der Waals surface area contributed by atoms with Crippen LogP contribution in [0.2, 0.25) is 0 Å². The van der Waals surface area contributed by atoms with Gasteiger partial charge in [-0.2, -0.15) is 0 Å². The number of pyridine rings is 2. The van der Waals surface area contributed by atoms with E-state index in [0.29, 0.717) is 11.5 Å². The van der Waals surface area contributed by atoms with Crippen molar-refractivity contribution in [3.8, 4) is 11.1 Å². The molecule has 1 atom stereocenters. The Morgan fingerprint density at radius 2 is 1.58 bits per heavy atom. The maximum absolute atomic E-state index is 12.2. The highest BCUT2D eigenvalue weighted by molar-refractivity contribution is 6.06. The molecule has 3 aromatic rings. The molecule has 2 heterocycles. The standard InChI is InChI=1S/C22H24N4O.2C2H6/c23-21(15-4-2-1-3-5-15)20-13-18(22(24)27)17-12-16(6-7-19(17)26-20)14-8-10-25-11-9-14;2*1-2/h6-13,15,21H,1-5,23H2,(H2,24,27);2*1-2H3. The summed E-state index contributed by atoms with van der Waals surface area (Å²) >= 11 is 0. The zero-order valence-electron chi connectivity index (χ0n) is 19.3. The Hall–Kier alpha value is -2.79. The lowest BCUT2D eigenvalue weighted by Crippen LogP contribution is -2.25. The van der Waals surface area contributed by atoms with Crippen molar-refractivity contribution in [2.24, 2.45) is 17.4 Å². The molecule has 0 saturated heterocycles. The average molecular weight is 421 g/mol. The third-order valence-corrected chi connectivity index (χ3v) is 5.61. The largest absolute Gasteiger partial charge is 0.366 e. The SMILES string of the molecule is CC.CC.NC(=O)c1cc(C(N)C2CCCCC2)nc2ccc(-c3ccncc3)cc12. The van der Waals surface area contributed by atoms with Crippen LogP contribution in [-0.2, 0) is 0 Å². The van der Waals surface area contributed by atoms with Crippen molar-refractivity contribution in [1.82, 2.24) is 9.97 Å². The van der Waals surface area contributed by atoms with E-state index in [4.69, 9.17) is 16.5 Å². The smallest absolute Gasteiger partial charge is 0.249 e. The van der Waals surface area contributed by atoms with Crippen LogP contribution in [0.25, 0.3) is 22.0 Å². The van der Waals surface area contributed by atoms with Gasteiger partial charge in [0, 0.05) is 23.8 Å². The van der Waals surface area contributed by atoms with Crippen LogP contribution in [-0.4, -0.2) is 15.9 Å². The minimum atomic E-state index is -0.452. The molecule has 0 radical (unpaired) electrons. The van der Waals surface area contributed by atoms with E-state index in [1.807, 2.05) is 58.0 Å². The van der Waals surface area contributed by atoms with E-state index < -0.39 is 5.91 Å². The summed E-state index contributed by atoms with van der Waals surface area (Å²) in [6.45, 7) is 8.00. The summed E-state index contributed by atoms with van der Waals surface area (Å²) in [6.07, 6.45) is 9.44. The summed E-state index contributed by atoms with van der Waals surface area (Å²) in [7, 11) is 0. The summed E-state index contributed by atoms with van der Waals surface area (Å²) in [4.78, 5) is 21.0. The van der Waals surface area contributed by atoms with Crippen LogP contribution in [0.15, 0.2) is 48.8 Å². The number of hydrogen-bond donors (Lipinski definition) is 2. The molecule has 1 amide bonds. The first kappa shape index (κ1) is 24.5.